The Bertz CT molecular complexity index is 337. The first-order valence-corrected chi connectivity index (χ1v) is 6.27. The van der Waals surface area contributed by atoms with E-state index in [1.54, 1.807) is 0 Å². The summed E-state index contributed by atoms with van der Waals surface area (Å²) in [5, 5.41) is 0. The Morgan fingerprint density at radius 1 is 1.20 bits per heavy atom. The lowest BCUT2D eigenvalue weighted by molar-refractivity contribution is -0.120. The van der Waals surface area contributed by atoms with E-state index in [-0.39, 0.29) is 5.92 Å². The maximum Gasteiger partial charge on any atom is 0.162 e. The number of rotatable bonds is 0. The minimum atomic E-state index is 0.227. The number of hydrogen-bond donors (Lipinski definition) is 0. The standard InChI is InChI=1S/C14H18O/c15-14-9-10-5-1-2-6-11(10)12-7-3-4-8-13(12)14/h4,8-9,11-13H,1-3,5-7H2. The molecule has 80 valence electrons. The van der Waals surface area contributed by atoms with Crippen LogP contribution in [0.15, 0.2) is 23.8 Å². The van der Waals surface area contributed by atoms with Crippen LogP contribution in [-0.2, 0) is 4.79 Å². The Kier molecular flexibility index (Phi) is 2.27. The van der Waals surface area contributed by atoms with Crippen molar-refractivity contribution in [3.8, 4) is 0 Å². The third-order valence-corrected chi connectivity index (χ3v) is 4.35. The molecule has 0 N–H and O–H groups in total. The zero-order valence-corrected chi connectivity index (χ0v) is 9.11. The van der Waals surface area contributed by atoms with E-state index in [1.165, 1.54) is 44.1 Å². The van der Waals surface area contributed by atoms with Gasteiger partial charge in [-0.05, 0) is 50.0 Å². The smallest absolute Gasteiger partial charge is 0.162 e. The normalized spacial score (nSPS) is 39.3. The molecule has 0 aromatic heterocycles. The topological polar surface area (TPSA) is 17.1 Å². The van der Waals surface area contributed by atoms with Gasteiger partial charge in [0.1, 0.15) is 0 Å². The Morgan fingerprint density at radius 2 is 2.13 bits per heavy atom. The maximum atomic E-state index is 12.0. The lowest BCUT2D eigenvalue weighted by atomic mass is 9.63. The number of fused-ring (bicyclic) bond motifs is 3. The first-order chi connectivity index (χ1) is 7.36. The first kappa shape index (κ1) is 9.38. The lowest BCUT2D eigenvalue weighted by Gasteiger charge is -2.40. The van der Waals surface area contributed by atoms with Crippen LogP contribution >= 0.6 is 0 Å². The fourth-order valence-corrected chi connectivity index (χ4v) is 3.62. The molecule has 3 rings (SSSR count). The van der Waals surface area contributed by atoms with Gasteiger partial charge in [0.25, 0.3) is 0 Å². The Labute approximate surface area is 91.2 Å². The molecule has 1 saturated carbocycles. The molecular formula is C14H18O. The molecule has 0 spiro atoms. The van der Waals surface area contributed by atoms with E-state index in [0.29, 0.717) is 11.7 Å². The van der Waals surface area contributed by atoms with Gasteiger partial charge < -0.3 is 0 Å². The Morgan fingerprint density at radius 3 is 3.07 bits per heavy atom. The second-order valence-electron chi connectivity index (χ2n) is 5.17. The van der Waals surface area contributed by atoms with E-state index in [2.05, 4.69) is 12.2 Å². The monoisotopic (exact) mass is 202 g/mol. The van der Waals surface area contributed by atoms with Gasteiger partial charge in [0.05, 0.1) is 0 Å². The number of carbonyl (C=O) groups is 1. The zero-order valence-electron chi connectivity index (χ0n) is 9.11. The van der Waals surface area contributed by atoms with Gasteiger partial charge in [-0.25, -0.2) is 0 Å². The molecule has 0 aliphatic heterocycles. The summed E-state index contributed by atoms with van der Waals surface area (Å²) in [7, 11) is 0. The molecule has 3 aliphatic carbocycles. The largest absolute Gasteiger partial charge is 0.294 e. The highest BCUT2D eigenvalue weighted by atomic mass is 16.1. The summed E-state index contributed by atoms with van der Waals surface area (Å²) in [5.74, 6) is 1.99. The van der Waals surface area contributed by atoms with Crippen molar-refractivity contribution in [1.29, 1.82) is 0 Å². The lowest BCUT2D eigenvalue weighted by Crippen LogP contribution is -2.36. The van der Waals surface area contributed by atoms with Crippen LogP contribution in [0.4, 0.5) is 0 Å². The van der Waals surface area contributed by atoms with Gasteiger partial charge in [-0.2, -0.15) is 0 Å². The summed E-state index contributed by atoms with van der Waals surface area (Å²) in [6, 6.07) is 0. The Hall–Kier alpha value is -0.850. The van der Waals surface area contributed by atoms with Gasteiger partial charge in [-0.3, -0.25) is 4.79 Å². The summed E-state index contributed by atoms with van der Waals surface area (Å²) in [5.41, 5.74) is 1.47. The van der Waals surface area contributed by atoms with Crippen molar-refractivity contribution in [2.24, 2.45) is 17.8 Å². The SMILES string of the molecule is O=C1C=C2CCCCC2C2CCC=CC12. The number of ketones is 1. The predicted molar refractivity (Wildman–Crippen MR) is 60.4 cm³/mol. The summed E-state index contributed by atoms with van der Waals surface area (Å²) in [6.07, 6.45) is 13.9. The molecule has 0 aromatic carbocycles. The van der Waals surface area contributed by atoms with Crippen molar-refractivity contribution in [3.63, 3.8) is 0 Å². The van der Waals surface area contributed by atoms with Gasteiger partial charge >= 0.3 is 0 Å². The van der Waals surface area contributed by atoms with Crippen molar-refractivity contribution in [2.45, 2.75) is 38.5 Å². The molecule has 3 aliphatic rings. The second-order valence-corrected chi connectivity index (χ2v) is 5.17. The predicted octanol–water partition coefficient (Wildman–Crippen LogP) is 3.27. The van der Waals surface area contributed by atoms with E-state index >= 15 is 0 Å². The molecule has 1 heteroatoms. The van der Waals surface area contributed by atoms with Crippen LogP contribution in [0.3, 0.4) is 0 Å². The van der Waals surface area contributed by atoms with Crippen molar-refractivity contribution in [1.82, 2.24) is 0 Å². The molecule has 1 fully saturated rings. The van der Waals surface area contributed by atoms with E-state index in [4.69, 9.17) is 0 Å². The van der Waals surface area contributed by atoms with Gasteiger partial charge in [-0.1, -0.05) is 24.1 Å². The van der Waals surface area contributed by atoms with Crippen molar-refractivity contribution in [2.75, 3.05) is 0 Å². The average molecular weight is 202 g/mol. The molecule has 15 heavy (non-hydrogen) atoms. The summed E-state index contributed by atoms with van der Waals surface area (Å²) < 4.78 is 0. The molecule has 3 atom stereocenters. The highest BCUT2D eigenvalue weighted by molar-refractivity contribution is 5.95. The zero-order chi connectivity index (χ0) is 10.3. The van der Waals surface area contributed by atoms with Crippen molar-refractivity contribution >= 4 is 5.78 Å². The summed E-state index contributed by atoms with van der Waals surface area (Å²) >= 11 is 0. The van der Waals surface area contributed by atoms with Gasteiger partial charge in [-0.15, -0.1) is 0 Å². The van der Waals surface area contributed by atoms with Crippen molar-refractivity contribution < 1.29 is 4.79 Å². The molecule has 0 heterocycles. The van der Waals surface area contributed by atoms with E-state index in [1.807, 2.05) is 6.08 Å². The Balaban J connectivity index is 1.96. The second kappa shape index (κ2) is 3.62. The number of allylic oxidation sites excluding steroid dienone is 4. The van der Waals surface area contributed by atoms with Crippen molar-refractivity contribution in [3.05, 3.63) is 23.8 Å². The quantitative estimate of drug-likeness (QED) is 0.551. The molecule has 1 nitrogen and oxygen atoms in total. The van der Waals surface area contributed by atoms with Crippen LogP contribution in [0.1, 0.15) is 38.5 Å². The first-order valence-electron chi connectivity index (χ1n) is 6.27. The third kappa shape index (κ3) is 1.49. The fourth-order valence-electron chi connectivity index (χ4n) is 3.62. The summed E-state index contributed by atoms with van der Waals surface area (Å²) in [6.45, 7) is 0. The minimum Gasteiger partial charge on any atom is -0.294 e. The van der Waals surface area contributed by atoms with E-state index in [0.717, 1.165) is 5.92 Å². The van der Waals surface area contributed by atoms with E-state index < -0.39 is 0 Å². The van der Waals surface area contributed by atoms with Crippen LogP contribution < -0.4 is 0 Å². The van der Waals surface area contributed by atoms with Crippen LogP contribution in [-0.4, -0.2) is 5.78 Å². The van der Waals surface area contributed by atoms with Gasteiger partial charge in [0.2, 0.25) is 0 Å². The van der Waals surface area contributed by atoms with E-state index in [9.17, 15) is 4.79 Å². The molecule has 0 bridgehead atoms. The average Bonchev–Trinajstić information content (AvgIpc) is 2.30. The minimum absolute atomic E-state index is 0.227. The van der Waals surface area contributed by atoms with Gasteiger partial charge in [0, 0.05) is 5.92 Å². The molecule has 3 unspecified atom stereocenters. The summed E-state index contributed by atoms with van der Waals surface area (Å²) in [4.78, 5) is 12.0. The highest BCUT2D eigenvalue weighted by Gasteiger charge is 2.39. The van der Waals surface area contributed by atoms with Crippen LogP contribution in [0.25, 0.3) is 0 Å². The molecule has 0 amide bonds. The third-order valence-electron chi connectivity index (χ3n) is 4.35. The molecule has 0 aromatic rings. The molecule has 0 saturated heterocycles. The molecular weight excluding hydrogens is 184 g/mol. The van der Waals surface area contributed by atoms with Crippen LogP contribution in [0.2, 0.25) is 0 Å². The fraction of sp³-hybridized carbons (Fsp3) is 0.643. The van der Waals surface area contributed by atoms with Crippen LogP contribution in [0, 0.1) is 17.8 Å². The van der Waals surface area contributed by atoms with Gasteiger partial charge in [0.15, 0.2) is 5.78 Å². The number of carbonyl (C=O) groups excluding carboxylic acids is 1. The van der Waals surface area contributed by atoms with Crippen LogP contribution in [0.5, 0.6) is 0 Å². The number of hydrogen-bond acceptors (Lipinski definition) is 1. The molecule has 0 radical (unpaired) electrons. The highest BCUT2D eigenvalue weighted by Crippen LogP contribution is 2.45. The maximum absolute atomic E-state index is 12.0.